The van der Waals surface area contributed by atoms with Crippen molar-refractivity contribution < 1.29 is 97.8 Å². The highest BCUT2D eigenvalue weighted by molar-refractivity contribution is 6.30. The van der Waals surface area contributed by atoms with E-state index in [4.69, 9.17) is 35.5 Å². The molecule has 30 heavy (non-hydrogen) atoms. The molecule has 0 spiro atoms. The summed E-state index contributed by atoms with van der Waals surface area (Å²) in [4.78, 5) is 19.2. The molecule has 0 aliphatic carbocycles. The lowest BCUT2D eigenvalue weighted by Gasteiger charge is -2.27. The fraction of sp³-hybridized carbons (Fsp3) is 0.750. The molecule has 0 atom stereocenters. The van der Waals surface area contributed by atoms with E-state index < -0.39 is 55.2 Å². The lowest BCUT2D eigenvalue weighted by molar-refractivity contribution is -0.356. The fourth-order valence-corrected chi connectivity index (χ4v) is 0.806. The maximum absolute atomic E-state index is 11.5. The summed E-state index contributed by atoms with van der Waals surface area (Å²) in [6.45, 7) is 0. The van der Waals surface area contributed by atoms with E-state index in [1.165, 1.54) is 0 Å². The molecular weight excluding hydrogens is 479 g/mol. The second kappa shape index (κ2) is 9.85. The first-order valence-electron chi connectivity index (χ1n) is 5.85. The highest BCUT2D eigenvalue weighted by Gasteiger charge is 2.77. The van der Waals surface area contributed by atoms with E-state index in [9.17, 15) is 62.3 Å². The molecule has 0 saturated heterocycles. The molecule has 0 fully saturated rings. The standard InChI is InChI=1S/2C4H2F6O3.BH3O3/c2*5-3(6,7)2(13,1(11)12)4(8,9)10;2-1(3)4/h2*13H,(H,11,12);2-4H. The van der Waals surface area contributed by atoms with E-state index in [0.717, 1.165) is 0 Å². The maximum Gasteiger partial charge on any atom is 0.631 e. The molecule has 180 valence electrons. The Morgan fingerprint density at radius 1 is 0.500 bits per heavy atom. The van der Waals surface area contributed by atoms with Gasteiger partial charge in [-0.2, -0.15) is 52.7 Å². The van der Waals surface area contributed by atoms with Gasteiger partial charge in [-0.15, -0.1) is 0 Å². The monoisotopic (exact) mass is 486 g/mol. The maximum atomic E-state index is 11.5. The van der Waals surface area contributed by atoms with Crippen LogP contribution in [0, 0.1) is 0 Å². The largest absolute Gasteiger partial charge is 0.631 e. The normalized spacial score (nSPS) is 13.4. The molecule has 0 saturated carbocycles. The quantitative estimate of drug-likeness (QED) is 0.206. The molecule has 22 heteroatoms. The van der Waals surface area contributed by atoms with Crippen LogP contribution in [0.15, 0.2) is 0 Å². The second-order valence-corrected chi connectivity index (χ2v) is 4.37. The first kappa shape index (κ1) is 32.6. The average Bonchev–Trinajstić information content (AvgIpc) is 2.40. The minimum absolute atomic E-state index is 2.17. The summed E-state index contributed by atoms with van der Waals surface area (Å²) in [6, 6.07) is 0. The number of aliphatic hydroxyl groups is 2. The second-order valence-electron chi connectivity index (χ2n) is 4.37. The highest BCUT2D eigenvalue weighted by atomic mass is 19.4. The van der Waals surface area contributed by atoms with Crippen LogP contribution in [0.2, 0.25) is 0 Å². The van der Waals surface area contributed by atoms with Crippen molar-refractivity contribution in [1.82, 2.24) is 0 Å². The Morgan fingerprint density at radius 3 is 0.600 bits per heavy atom. The van der Waals surface area contributed by atoms with Crippen LogP contribution in [0.25, 0.3) is 0 Å². The third kappa shape index (κ3) is 7.66. The molecule has 0 bridgehead atoms. The van der Waals surface area contributed by atoms with Crippen molar-refractivity contribution in [3.63, 3.8) is 0 Å². The van der Waals surface area contributed by atoms with Gasteiger partial charge in [0, 0.05) is 0 Å². The van der Waals surface area contributed by atoms with Crippen molar-refractivity contribution >= 4 is 19.3 Å². The van der Waals surface area contributed by atoms with E-state index in [0.29, 0.717) is 0 Å². The number of aliphatic carboxylic acids is 2. The number of carbonyl (C=O) groups is 2. The third-order valence-electron chi connectivity index (χ3n) is 2.26. The van der Waals surface area contributed by atoms with Gasteiger partial charge in [-0.25, -0.2) is 9.59 Å². The number of carboxylic acids is 2. The summed E-state index contributed by atoms with van der Waals surface area (Å²) in [5.74, 6) is -6.82. The van der Waals surface area contributed by atoms with Gasteiger partial charge in [0.25, 0.3) is 0 Å². The molecule has 0 aromatic rings. The summed E-state index contributed by atoms with van der Waals surface area (Å²) in [5, 5.41) is 52.6. The molecular formula is C8H7BF12O9. The molecule has 0 amide bonds. The number of rotatable bonds is 2. The first-order valence-corrected chi connectivity index (χ1v) is 5.85. The van der Waals surface area contributed by atoms with Crippen LogP contribution in [-0.2, 0) is 9.59 Å². The summed E-state index contributed by atoms with van der Waals surface area (Å²) in [6.07, 6.45) is -25.2. The van der Waals surface area contributed by atoms with E-state index in [1.54, 1.807) is 0 Å². The Morgan fingerprint density at radius 2 is 0.600 bits per heavy atom. The van der Waals surface area contributed by atoms with Crippen LogP contribution < -0.4 is 0 Å². The summed E-state index contributed by atoms with van der Waals surface area (Å²) >= 11 is 0. The molecule has 0 heterocycles. The Labute approximate surface area is 154 Å². The van der Waals surface area contributed by atoms with Gasteiger partial charge in [0.05, 0.1) is 0 Å². The van der Waals surface area contributed by atoms with E-state index in [2.05, 4.69) is 0 Å². The minimum atomic E-state index is -6.31. The van der Waals surface area contributed by atoms with E-state index in [1.807, 2.05) is 0 Å². The smallest absolute Gasteiger partial charge is 0.479 e. The molecule has 0 aliphatic rings. The Balaban J connectivity index is -0.000000412. The molecule has 9 nitrogen and oxygen atoms in total. The topological polar surface area (TPSA) is 176 Å². The van der Waals surface area contributed by atoms with Crippen molar-refractivity contribution in [2.75, 3.05) is 0 Å². The first-order chi connectivity index (χ1) is 12.6. The number of hydrogen-bond donors (Lipinski definition) is 7. The highest BCUT2D eigenvalue weighted by Crippen LogP contribution is 2.44. The van der Waals surface area contributed by atoms with Gasteiger partial charge >= 0.3 is 55.2 Å². The zero-order valence-corrected chi connectivity index (χ0v) is 13.1. The van der Waals surface area contributed by atoms with Crippen molar-refractivity contribution in [2.45, 2.75) is 35.9 Å². The van der Waals surface area contributed by atoms with Crippen LogP contribution in [0.4, 0.5) is 52.7 Å². The van der Waals surface area contributed by atoms with Gasteiger partial charge in [-0.3, -0.25) is 0 Å². The minimum Gasteiger partial charge on any atom is -0.479 e. The van der Waals surface area contributed by atoms with E-state index >= 15 is 0 Å². The molecule has 0 unspecified atom stereocenters. The van der Waals surface area contributed by atoms with Crippen molar-refractivity contribution in [2.24, 2.45) is 0 Å². The van der Waals surface area contributed by atoms with Crippen LogP contribution in [0.3, 0.4) is 0 Å². The average molecular weight is 486 g/mol. The Hall–Kier alpha value is -2.04. The van der Waals surface area contributed by atoms with E-state index in [-0.39, 0.29) is 0 Å². The van der Waals surface area contributed by atoms with Crippen LogP contribution >= 0.6 is 0 Å². The fourth-order valence-electron chi connectivity index (χ4n) is 0.806. The van der Waals surface area contributed by atoms with Gasteiger partial charge in [-0.1, -0.05) is 0 Å². The Bertz CT molecular complexity index is 499. The zero-order chi connectivity index (χ0) is 25.7. The lowest BCUT2D eigenvalue weighted by Crippen LogP contribution is -2.62. The summed E-state index contributed by atoms with van der Waals surface area (Å²) in [5.41, 5.74) is -11.4. The SMILES string of the molecule is O=C(O)C(O)(C(F)(F)F)C(F)(F)F.O=C(O)C(O)(C(F)(F)F)C(F)(F)F.OB(O)O. The van der Waals surface area contributed by atoms with Crippen LogP contribution in [-0.4, -0.2) is 90.7 Å². The lowest BCUT2D eigenvalue weighted by atomic mass is 10.0. The van der Waals surface area contributed by atoms with Crippen molar-refractivity contribution in [3.8, 4) is 0 Å². The third-order valence-corrected chi connectivity index (χ3v) is 2.26. The zero-order valence-electron chi connectivity index (χ0n) is 13.1. The molecule has 0 radical (unpaired) electrons. The summed E-state index contributed by atoms with van der Waals surface area (Å²) in [7, 11) is -2.17. The molecule has 0 aromatic carbocycles. The number of carboxylic acid groups (broad SMARTS) is 2. The van der Waals surface area contributed by atoms with Gasteiger partial charge in [0.1, 0.15) is 0 Å². The van der Waals surface area contributed by atoms with Gasteiger partial charge in [0.15, 0.2) is 0 Å². The van der Waals surface area contributed by atoms with Gasteiger partial charge in [0.2, 0.25) is 0 Å². The van der Waals surface area contributed by atoms with Crippen molar-refractivity contribution in [3.05, 3.63) is 0 Å². The number of hydrogen-bond acceptors (Lipinski definition) is 7. The van der Waals surface area contributed by atoms with Crippen LogP contribution in [0.5, 0.6) is 0 Å². The predicted molar refractivity (Wildman–Crippen MR) is 61.8 cm³/mol. The predicted octanol–water partition coefficient (Wildman–Crippen LogP) is -0.198. The number of alkyl halides is 12. The van der Waals surface area contributed by atoms with Crippen LogP contribution in [0.1, 0.15) is 0 Å². The summed E-state index contributed by atoms with van der Waals surface area (Å²) < 4.78 is 138. The molecule has 0 rings (SSSR count). The van der Waals surface area contributed by atoms with Gasteiger partial charge < -0.3 is 35.5 Å². The molecule has 0 aliphatic heterocycles. The Kier molecular flexibility index (Phi) is 10.7. The van der Waals surface area contributed by atoms with Gasteiger partial charge in [-0.05, 0) is 0 Å². The van der Waals surface area contributed by atoms with Crippen molar-refractivity contribution in [1.29, 1.82) is 0 Å². The number of halogens is 12. The molecule has 0 aromatic heterocycles. The molecule has 7 N–H and O–H groups in total.